The van der Waals surface area contributed by atoms with E-state index in [1.807, 2.05) is 20.8 Å². The van der Waals surface area contributed by atoms with E-state index in [0.717, 1.165) is 12.1 Å². The van der Waals surface area contributed by atoms with Crippen LogP contribution in [0.4, 0.5) is 10.1 Å². The second kappa shape index (κ2) is 6.07. The van der Waals surface area contributed by atoms with Gasteiger partial charge in [-0.3, -0.25) is 0 Å². The highest BCUT2D eigenvalue weighted by molar-refractivity contribution is 7.89. The zero-order chi connectivity index (χ0) is 15.6. The molecule has 0 aromatic heterocycles. The summed E-state index contributed by atoms with van der Waals surface area (Å²) in [6.07, 6.45) is -0.364. The van der Waals surface area contributed by atoms with Crippen LogP contribution in [0.25, 0.3) is 0 Å². The zero-order valence-corrected chi connectivity index (χ0v) is 12.7. The molecule has 0 saturated carbocycles. The molecule has 1 atom stereocenters. The van der Waals surface area contributed by atoms with Crippen LogP contribution in [0.2, 0.25) is 0 Å². The number of hydrogen-bond acceptors (Lipinski definition) is 4. The number of nitrogens with two attached hydrogens (primary N) is 1. The summed E-state index contributed by atoms with van der Waals surface area (Å²) in [5, 5.41) is 9.78. The Labute approximate surface area is 119 Å². The lowest BCUT2D eigenvalue weighted by Crippen LogP contribution is -2.34. The quantitative estimate of drug-likeness (QED) is 0.718. The van der Waals surface area contributed by atoms with Gasteiger partial charge in [0.05, 0.1) is 11.0 Å². The van der Waals surface area contributed by atoms with Crippen molar-refractivity contribution in [2.45, 2.75) is 38.2 Å². The van der Waals surface area contributed by atoms with E-state index < -0.39 is 21.9 Å². The Kier molecular flexibility index (Phi) is 5.12. The van der Waals surface area contributed by atoms with Crippen LogP contribution < -0.4 is 10.5 Å². The molecule has 5 nitrogen and oxygen atoms in total. The Hall–Kier alpha value is -1.18. The lowest BCUT2D eigenvalue weighted by atomic mass is 9.89. The Balaban J connectivity index is 2.75. The zero-order valence-electron chi connectivity index (χ0n) is 11.9. The molecule has 114 valence electrons. The van der Waals surface area contributed by atoms with Gasteiger partial charge in [0.25, 0.3) is 0 Å². The average Bonchev–Trinajstić information content (AvgIpc) is 2.23. The van der Waals surface area contributed by atoms with E-state index in [2.05, 4.69) is 4.72 Å². The van der Waals surface area contributed by atoms with Crippen LogP contribution in [-0.4, -0.2) is 26.2 Å². The molecule has 0 fully saturated rings. The molecule has 0 saturated heterocycles. The fourth-order valence-corrected chi connectivity index (χ4v) is 2.95. The summed E-state index contributed by atoms with van der Waals surface area (Å²) in [5.41, 5.74) is 5.33. The van der Waals surface area contributed by atoms with Crippen molar-refractivity contribution in [3.05, 3.63) is 24.0 Å². The van der Waals surface area contributed by atoms with Crippen molar-refractivity contribution in [2.75, 3.05) is 12.3 Å². The number of anilines is 1. The van der Waals surface area contributed by atoms with E-state index in [-0.39, 0.29) is 22.5 Å². The fraction of sp³-hybridized carbons (Fsp3) is 0.538. The summed E-state index contributed by atoms with van der Waals surface area (Å²) in [4.78, 5) is -0.252. The maximum absolute atomic E-state index is 13.2. The molecule has 0 bridgehead atoms. The Morgan fingerprint density at radius 1 is 1.35 bits per heavy atom. The molecule has 0 radical (unpaired) electrons. The van der Waals surface area contributed by atoms with Crippen molar-refractivity contribution >= 4 is 15.7 Å². The maximum Gasteiger partial charge on any atom is 0.240 e. The molecule has 1 aromatic rings. The molecule has 4 N–H and O–H groups in total. The number of sulfonamides is 1. The Morgan fingerprint density at radius 3 is 2.45 bits per heavy atom. The van der Waals surface area contributed by atoms with Gasteiger partial charge in [-0.1, -0.05) is 20.8 Å². The van der Waals surface area contributed by atoms with Crippen LogP contribution in [-0.2, 0) is 10.0 Å². The largest absolute Gasteiger partial charge is 0.399 e. The van der Waals surface area contributed by atoms with Gasteiger partial charge in [-0.25, -0.2) is 17.5 Å². The minimum Gasteiger partial charge on any atom is -0.399 e. The second-order valence-electron chi connectivity index (χ2n) is 5.99. The number of aliphatic hydroxyl groups excluding tert-OH is 1. The van der Waals surface area contributed by atoms with Crippen LogP contribution in [0.3, 0.4) is 0 Å². The molecule has 1 unspecified atom stereocenters. The van der Waals surface area contributed by atoms with Gasteiger partial charge in [-0.2, -0.15) is 0 Å². The van der Waals surface area contributed by atoms with E-state index >= 15 is 0 Å². The molecule has 7 heteroatoms. The van der Waals surface area contributed by atoms with Crippen molar-refractivity contribution in [3.8, 4) is 0 Å². The third-order valence-electron chi connectivity index (χ3n) is 2.56. The van der Waals surface area contributed by atoms with Gasteiger partial charge in [0.15, 0.2) is 0 Å². The SMILES string of the molecule is CC(C)(C)CC(O)CNS(=O)(=O)c1cc(N)cc(F)c1. The average molecular weight is 304 g/mol. The number of aliphatic hydroxyl groups is 1. The van der Waals surface area contributed by atoms with E-state index in [1.165, 1.54) is 6.07 Å². The fourth-order valence-electron chi connectivity index (χ4n) is 1.81. The molecule has 0 aliphatic heterocycles. The van der Waals surface area contributed by atoms with Crippen molar-refractivity contribution in [2.24, 2.45) is 5.41 Å². The number of rotatable bonds is 5. The highest BCUT2D eigenvalue weighted by Crippen LogP contribution is 2.21. The summed E-state index contributed by atoms with van der Waals surface area (Å²) in [5.74, 6) is -0.722. The smallest absolute Gasteiger partial charge is 0.240 e. The van der Waals surface area contributed by atoms with Crippen LogP contribution in [0.5, 0.6) is 0 Å². The van der Waals surface area contributed by atoms with Crippen LogP contribution in [0, 0.1) is 11.2 Å². The first-order chi connectivity index (χ1) is 8.99. The van der Waals surface area contributed by atoms with E-state index in [4.69, 9.17) is 5.73 Å². The minimum absolute atomic E-state index is 0.0283. The molecule has 1 aromatic carbocycles. The van der Waals surface area contributed by atoms with Gasteiger partial charge >= 0.3 is 0 Å². The van der Waals surface area contributed by atoms with Gasteiger partial charge < -0.3 is 10.8 Å². The molecule has 0 heterocycles. The molecule has 0 aliphatic carbocycles. The summed E-state index contributed by atoms with van der Waals surface area (Å²) in [6, 6.07) is 3.09. The van der Waals surface area contributed by atoms with Crippen molar-refractivity contribution < 1.29 is 17.9 Å². The second-order valence-corrected chi connectivity index (χ2v) is 7.76. The Morgan fingerprint density at radius 2 is 1.95 bits per heavy atom. The first-order valence-electron chi connectivity index (χ1n) is 6.23. The molecular formula is C13H21FN2O3S. The first-order valence-corrected chi connectivity index (χ1v) is 7.72. The van der Waals surface area contributed by atoms with Crippen molar-refractivity contribution in [1.29, 1.82) is 0 Å². The molecule has 0 amide bonds. The standard InChI is InChI=1S/C13H21FN2O3S/c1-13(2,3)7-11(17)8-16-20(18,19)12-5-9(14)4-10(15)6-12/h4-6,11,16-17H,7-8,15H2,1-3H3. The highest BCUT2D eigenvalue weighted by atomic mass is 32.2. The number of nitrogens with one attached hydrogen (secondary N) is 1. The summed E-state index contributed by atoms with van der Waals surface area (Å²) >= 11 is 0. The van der Waals surface area contributed by atoms with Gasteiger partial charge in [-0.05, 0) is 30.0 Å². The van der Waals surface area contributed by atoms with Crippen LogP contribution in [0.1, 0.15) is 27.2 Å². The van der Waals surface area contributed by atoms with Gasteiger partial charge in [0.1, 0.15) is 5.82 Å². The third-order valence-corrected chi connectivity index (χ3v) is 3.96. The van der Waals surface area contributed by atoms with Crippen molar-refractivity contribution in [1.82, 2.24) is 4.72 Å². The molecule has 20 heavy (non-hydrogen) atoms. The van der Waals surface area contributed by atoms with E-state index in [9.17, 15) is 17.9 Å². The van der Waals surface area contributed by atoms with Gasteiger partial charge in [0.2, 0.25) is 10.0 Å². The lowest BCUT2D eigenvalue weighted by Gasteiger charge is -2.22. The third kappa shape index (κ3) is 5.44. The number of nitrogen functional groups attached to an aromatic ring is 1. The van der Waals surface area contributed by atoms with Crippen molar-refractivity contribution in [3.63, 3.8) is 0 Å². The monoisotopic (exact) mass is 304 g/mol. The van der Waals surface area contributed by atoms with Crippen LogP contribution >= 0.6 is 0 Å². The number of benzene rings is 1. The summed E-state index contributed by atoms with van der Waals surface area (Å²) in [6.45, 7) is 5.70. The normalized spacial score (nSPS) is 14.2. The van der Waals surface area contributed by atoms with Gasteiger partial charge in [0, 0.05) is 12.2 Å². The molecule has 1 rings (SSSR count). The predicted octanol–water partition coefficient (Wildman–Crippen LogP) is 1.48. The minimum atomic E-state index is -3.89. The molecular weight excluding hydrogens is 283 g/mol. The lowest BCUT2D eigenvalue weighted by molar-refractivity contribution is 0.125. The molecule has 0 aliphatic rings. The Bertz CT molecular complexity index is 547. The predicted molar refractivity (Wildman–Crippen MR) is 76.1 cm³/mol. The molecule has 0 spiro atoms. The first kappa shape index (κ1) is 16.9. The van der Waals surface area contributed by atoms with E-state index in [0.29, 0.717) is 6.42 Å². The topological polar surface area (TPSA) is 92.4 Å². The van der Waals surface area contributed by atoms with E-state index in [1.54, 1.807) is 0 Å². The summed E-state index contributed by atoms with van der Waals surface area (Å²) in [7, 11) is -3.89. The summed E-state index contributed by atoms with van der Waals surface area (Å²) < 4.78 is 39.3. The highest BCUT2D eigenvalue weighted by Gasteiger charge is 2.20. The van der Waals surface area contributed by atoms with Crippen LogP contribution in [0.15, 0.2) is 23.1 Å². The maximum atomic E-state index is 13.2. The van der Waals surface area contributed by atoms with Gasteiger partial charge in [-0.15, -0.1) is 0 Å². The number of halogens is 1. The number of hydrogen-bond donors (Lipinski definition) is 3.